The second-order valence-corrected chi connectivity index (χ2v) is 7.87. The Labute approximate surface area is 184 Å². The van der Waals surface area contributed by atoms with Crippen molar-refractivity contribution in [1.29, 1.82) is 0 Å². The minimum Gasteiger partial charge on any atom is -0.493 e. The minimum atomic E-state index is -0.245. The number of ether oxygens (including phenoxy) is 3. The molecule has 0 spiro atoms. The van der Waals surface area contributed by atoms with Crippen molar-refractivity contribution in [3.05, 3.63) is 65.0 Å². The van der Waals surface area contributed by atoms with Crippen LogP contribution in [0.25, 0.3) is 21.5 Å². The van der Waals surface area contributed by atoms with Crippen LogP contribution in [0.15, 0.2) is 53.9 Å². The molecule has 2 aromatic heterocycles. The lowest BCUT2D eigenvalue weighted by Gasteiger charge is -2.15. The maximum Gasteiger partial charge on any atom is 0.256 e. The number of nitrogens with zero attached hydrogens (tertiary/aromatic N) is 1. The molecule has 4 rings (SSSR count). The van der Waals surface area contributed by atoms with Crippen LogP contribution in [0.5, 0.6) is 17.2 Å². The van der Waals surface area contributed by atoms with Crippen molar-refractivity contribution < 1.29 is 19.0 Å². The molecule has 0 unspecified atom stereocenters. The molecule has 0 saturated carbocycles. The first kappa shape index (κ1) is 20.7. The van der Waals surface area contributed by atoms with Crippen molar-refractivity contribution >= 4 is 33.8 Å². The Hall–Kier alpha value is -3.58. The van der Waals surface area contributed by atoms with E-state index in [1.165, 1.54) is 21.3 Å². The Morgan fingerprint density at radius 3 is 2.32 bits per heavy atom. The van der Waals surface area contributed by atoms with Crippen LogP contribution in [-0.2, 0) is 0 Å². The third-order valence-corrected chi connectivity index (χ3v) is 5.80. The zero-order chi connectivity index (χ0) is 22.0. The monoisotopic (exact) mass is 434 g/mol. The smallest absolute Gasteiger partial charge is 0.256 e. The molecule has 0 aliphatic heterocycles. The highest BCUT2D eigenvalue weighted by Crippen LogP contribution is 2.40. The van der Waals surface area contributed by atoms with Gasteiger partial charge in [-0.1, -0.05) is 17.7 Å². The number of carbonyl (C=O) groups is 1. The third kappa shape index (κ3) is 4.04. The molecule has 1 N–H and O–H groups in total. The predicted molar refractivity (Wildman–Crippen MR) is 124 cm³/mol. The molecule has 6 nitrogen and oxygen atoms in total. The van der Waals surface area contributed by atoms with Gasteiger partial charge in [0.1, 0.15) is 0 Å². The first-order valence-electron chi connectivity index (χ1n) is 9.60. The Balaban J connectivity index is 1.80. The normalized spacial score (nSPS) is 10.7. The van der Waals surface area contributed by atoms with E-state index in [1.54, 1.807) is 23.5 Å². The molecule has 0 aliphatic carbocycles. The van der Waals surface area contributed by atoms with Crippen molar-refractivity contribution in [1.82, 2.24) is 4.98 Å². The van der Waals surface area contributed by atoms with E-state index in [1.807, 2.05) is 48.7 Å². The number of nitrogens with one attached hydrogen (secondary N) is 1. The molecule has 31 heavy (non-hydrogen) atoms. The summed E-state index contributed by atoms with van der Waals surface area (Å²) >= 11 is 1.58. The third-order valence-electron chi connectivity index (χ3n) is 4.91. The number of aromatic nitrogens is 1. The lowest BCUT2D eigenvalue weighted by atomic mass is 10.0. The van der Waals surface area contributed by atoms with Crippen LogP contribution in [0.2, 0.25) is 0 Å². The van der Waals surface area contributed by atoms with Gasteiger partial charge in [-0.15, -0.1) is 11.3 Å². The van der Waals surface area contributed by atoms with Gasteiger partial charge in [0, 0.05) is 23.2 Å². The molecule has 0 bridgehead atoms. The van der Waals surface area contributed by atoms with Gasteiger partial charge < -0.3 is 19.5 Å². The van der Waals surface area contributed by atoms with Crippen LogP contribution in [0.1, 0.15) is 15.9 Å². The van der Waals surface area contributed by atoms with Gasteiger partial charge in [-0.25, -0.2) is 4.98 Å². The molecule has 0 saturated heterocycles. The number of aryl methyl sites for hydroxylation is 1. The molecule has 2 aromatic carbocycles. The van der Waals surface area contributed by atoms with Crippen molar-refractivity contribution in [2.45, 2.75) is 6.92 Å². The minimum absolute atomic E-state index is 0.245. The van der Waals surface area contributed by atoms with Crippen molar-refractivity contribution in [2.24, 2.45) is 0 Å². The molecule has 0 atom stereocenters. The SMILES string of the molecule is COc1cc(NC(=O)c2cc(-c3cccs3)nc3ccc(C)cc23)cc(OC)c1OC. The quantitative estimate of drug-likeness (QED) is 0.431. The van der Waals surface area contributed by atoms with Gasteiger partial charge in [-0.3, -0.25) is 4.79 Å². The summed E-state index contributed by atoms with van der Waals surface area (Å²) in [6, 6.07) is 15.1. The van der Waals surface area contributed by atoms with Gasteiger partial charge in [-0.2, -0.15) is 0 Å². The highest BCUT2D eigenvalue weighted by Gasteiger charge is 2.18. The number of fused-ring (bicyclic) bond motifs is 1. The maximum absolute atomic E-state index is 13.4. The van der Waals surface area contributed by atoms with Gasteiger partial charge in [0.15, 0.2) is 11.5 Å². The van der Waals surface area contributed by atoms with Crippen molar-refractivity contribution in [3.63, 3.8) is 0 Å². The van der Waals surface area contributed by atoms with Crippen molar-refractivity contribution in [3.8, 4) is 27.8 Å². The van der Waals surface area contributed by atoms with Crippen LogP contribution in [0, 0.1) is 6.92 Å². The highest BCUT2D eigenvalue weighted by molar-refractivity contribution is 7.13. The Bertz CT molecular complexity index is 1230. The number of benzene rings is 2. The van der Waals surface area contributed by atoms with E-state index in [0.29, 0.717) is 28.5 Å². The number of hydrogen-bond donors (Lipinski definition) is 1. The summed E-state index contributed by atoms with van der Waals surface area (Å²) in [5.74, 6) is 1.15. The van der Waals surface area contributed by atoms with Crippen LogP contribution in [0.3, 0.4) is 0 Å². The fraction of sp³-hybridized carbons (Fsp3) is 0.167. The number of amides is 1. The molecule has 2 heterocycles. The predicted octanol–water partition coefficient (Wildman–Crippen LogP) is 5.55. The zero-order valence-electron chi connectivity index (χ0n) is 17.7. The molecule has 1 amide bonds. The highest BCUT2D eigenvalue weighted by atomic mass is 32.1. The number of rotatable bonds is 6. The first-order chi connectivity index (χ1) is 15.0. The molecule has 0 fully saturated rings. The van der Waals surface area contributed by atoms with E-state index in [2.05, 4.69) is 5.32 Å². The average Bonchev–Trinajstić information content (AvgIpc) is 3.32. The molecule has 158 valence electrons. The fourth-order valence-corrected chi connectivity index (χ4v) is 4.12. The summed E-state index contributed by atoms with van der Waals surface area (Å²) in [5.41, 5.74) is 3.67. The van der Waals surface area contributed by atoms with Crippen LogP contribution < -0.4 is 19.5 Å². The lowest BCUT2D eigenvalue weighted by Crippen LogP contribution is -2.13. The Kier molecular flexibility index (Phi) is 5.77. The van der Waals surface area contributed by atoms with Gasteiger partial charge in [0.25, 0.3) is 5.91 Å². The number of anilines is 1. The van der Waals surface area contributed by atoms with E-state index in [9.17, 15) is 4.79 Å². The van der Waals surface area contributed by atoms with Crippen LogP contribution in [-0.4, -0.2) is 32.2 Å². The fourth-order valence-electron chi connectivity index (χ4n) is 3.43. The standard InChI is InChI=1S/C24H22N2O4S/c1-14-7-8-18-16(10-14)17(13-19(26-18)22-6-5-9-31-22)24(27)25-15-11-20(28-2)23(30-4)21(12-15)29-3/h5-13H,1-4H3,(H,25,27). The van der Waals surface area contributed by atoms with Gasteiger partial charge in [0.05, 0.1) is 43.0 Å². The van der Waals surface area contributed by atoms with Crippen LogP contribution in [0.4, 0.5) is 5.69 Å². The maximum atomic E-state index is 13.4. The summed E-state index contributed by atoms with van der Waals surface area (Å²) in [6.07, 6.45) is 0. The van der Waals surface area contributed by atoms with Gasteiger partial charge in [-0.05, 0) is 36.6 Å². The van der Waals surface area contributed by atoms with E-state index < -0.39 is 0 Å². The molecule has 4 aromatic rings. The number of carbonyl (C=O) groups excluding carboxylic acids is 1. The molecular formula is C24H22N2O4S. The number of hydrogen-bond acceptors (Lipinski definition) is 6. The number of pyridine rings is 1. The lowest BCUT2D eigenvalue weighted by molar-refractivity contribution is 0.102. The van der Waals surface area contributed by atoms with Crippen LogP contribution >= 0.6 is 11.3 Å². The zero-order valence-corrected chi connectivity index (χ0v) is 18.5. The number of methoxy groups -OCH3 is 3. The van der Waals surface area contributed by atoms with E-state index in [-0.39, 0.29) is 5.91 Å². The second kappa shape index (κ2) is 8.65. The van der Waals surface area contributed by atoms with Crippen molar-refractivity contribution in [2.75, 3.05) is 26.6 Å². The summed E-state index contributed by atoms with van der Waals surface area (Å²) < 4.78 is 16.2. The van der Waals surface area contributed by atoms with E-state index >= 15 is 0 Å². The summed E-state index contributed by atoms with van der Waals surface area (Å²) in [6.45, 7) is 1.99. The summed E-state index contributed by atoms with van der Waals surface area (Å²) in [5, 5.41) is 5.75. The van der Waals surface area contributed by atoms with E-state index in [4.69, 9.17) is 19.2 Å². The summed E-state index contributed by atoms with van der Waals surface area (Å²) in [4.78, 5) is 19.1. The van der Waals surface area contributed by atoms with Gasteiger partial charge in [0.2, 0.25) is 5.75 Å². The van der Waals surface area contributed by atoms with Gasteiger partial charge >= 0.3 is 0 Å². The Morgan fingerprint density at radius 2 is 1.71 bits per heavy atom. The molecule has 7 heteroatoms. The largest absolute Gasteiger partial charge is 0.493 e. The molecule has 0 aliphatic rings. The first-order valence-corrected chi connectivity index (χ1v) is 10.5. The molecule has 0 radical (unpaired) electrons. The molecular weight excluding hydrogens is 412 g/mol. The average molecular weight is 435 g/mol. The summed E-state index contributed by atoms with van der Waals surface area (Å²) in [7, 11) is 4.61. The van der Waals surface area contributed by atoms with E-state index in [0.717, 1.165) is 27.0 Å². The second-order valence-electron chi connectivity index (χ2n) is 6.92. The topological polar surface area (TPSA) is 69.7 Å². The number of thiophene rings is 1. The Morgan fingerprint density at radius 1 is 0.968 bits per heavy atom.